The number of carbonyl (C=O) groups excluding carboxylic acids is 3. The number of benzene rings is 1. The predicted octanol–water partition coefficient (Wildman–Crippen LogP) is 2.41. The maximum atomic E-state index is 12.8. The van der Waals surface area contributed by atoms with Gasteiger partial charge in [-0.25, -0.2) is 0 Å². The monoisotopic (exact) mass is 302 g/mol. The van der Waals surface area contributed by atoms with Crippen molar-refractivity contribution in [2.75, 3.05) is 10.2 Å². The van der Waals surface area contributed by atoms with E-state index in [2.05, 4.69) is 5.32 Å². The summed E-state index contributed by atoms with van der Waals surface area (Å²) >= 11 is 0. The summed E-state index contributed by atoms with van der Waals surface area (Å²) in [5.74, 6) is -0.536. The number of fused-ring (bicyclic) bond motifs is 1. The van der Waals surface area contributed by atoms with Crippen LogP contribution in [0.25, 0.3) is 0 Å². The number of hydrogen-bond donors (Lipinski definition) is 1. The normalized spacial score (nSPS) is 17.5. The van der Waals surface area contributed by atoms with Gasteiger partial charge < -0.3 is 5.32 Å². The van der Waals surface area contributed by atoms with E-state index < -0.39 is 12.1 Å². The Bertz CT molecular complexity index is 596. The van der Waals surface area contributed by atoms with Crippen LogP contribution in [0.1, 0.15) is 34.1 Å². The third-order valence-electron chi connectivity index (χ3n) is 3.76. The second-order valence-electron chi connectivity index (χ2n) is 6.18. The fourth-order valence-corrected chi connectivity index (χ4v) is 2.89. The molecule has 0 aliphatic carbocycles. The molecular weight excluding hydrogens is 280 g/mol. The van der Waals surface area contributed by atoms with Gasteiger partial charge in [-0.1, -0.05) is 26.0 Å². The van der Waals surface area contributed by atoms with Gasteiger partial charge in [0.2, 0.25) is 0 Å². The Balaban J connectivity index is 2.51. The molecule has 1 unspecified atom stereocenters. The Labute approximate surface area is 130 Å². The molecule has 0 aromatic heterocycles. The van der Waals surface area contributed by atoms with Crippen molar-refractivity contribution in [3.8, 4) is 0 Å². The Morgan fingerprint density at radius 1 is 1.18 bits per heavy atom. The lowest BCUT2D eigenvalue weighted by molar-refractivity contribution is -0.131. The van der Waals surface area contributed by atoms with Gasteiger partial charge in [-0.2, -0.15) is 0 Å². The molecule has 5 nitrogen and oxygen atoms in total. The third kappa shape index (κ3) is 3.03. The molecule has 1 aliphatic heterocycles. The second kappa shape index (κ2) is 6.30. The van der Waals surface area contributed by atoms with Gasteiger partial charge in [0, 0.05) is 0 Å². The van der Waals surface area contributed by atoms with Gasteiger partial charge in [0.25, 0.3) is 5.91 Å². The van der Waals surface area contributed by atoms with Crippen molar-refractivity contribution in [1.29, 1.82) is 0 Å². The molecule has 0 radical (unpaired) electrons. The third-order valence-corrected chi connectivity index (χ3v) is 3.76. The van der Waals surface area contributed by atoms with E-state index in [0.717, 1.165) is 5.69 Å². The van der Waals surface area contributed by atoms with Crippen LogP contribution in [0, 0.1) is 5.92 Å². The quantitative estimate of drug-likeness (QED) is 0.848. The van der Waals surface area contributed by atoms with Crippen molar-refractivity contribution >= 4 is 28.8 Å². The zero-order chi connectivity index (χ0) is 16.4. The molecule has 0 saturated carbocycles. The van der Waals surface area contributed by atoms with Crippen molar-refractivity contribution in [2.45, 2.75) is 46.2 Å². The number of Topliss-reactive ketones (excluding diaryl/α,β-unsaturated/α-hetero) is 2. The molecular formula is C17H22N2O3. The number of nitrogens with one attached hydrogen (secondary N) is 1. The minimum atomic E-state index is -1.05. The molecule has 1 heterocycles. The summed E-state index contributed by atoms with van der Waals surface area (Å²) in [5, 5.41) is 3.23. The van der Waals surface area contributed by atoms with E-state index in [0.29, 0.717) is 18.0 Å². The summed E-state index contributed by atoms with van der Waals surface area (Å²) in [6.45, 7) is 6.77. The number of amides is 1. The highest BCUT2D eigenvalue weighted by molar-refractivity contribution is 6.17. The molecule has 118 valence electrons. The zero-order valence-corrected chi connectivity index (χ0v) is 13.4. The molecule has 1 N–H and O–H groups in total. The van der Waals surface area contributed by atoms with Crippen molar-refractivity contribution in [2.24, 2.45) is 5.92 Å². The first kappa shape index (κ1) is 16.2. The first-order valence-corrected chi connectivity index (χ1v) is 7.52. The van der Waals surface area contributed by atoms with Gasteiger partial charge in [-0.15, -0.1) is 0 Å². The van der Waals surface area contributed by atoms with E-state index in [-0.39, 0.29) is 17.5 Å². The van der Waals surface area contributed by atoms with Crippen molar-refractivity contribution < 1.29 is 14.4 Å². The average Bonchev–Trinajstić information content (AvgIpc) is 2.41. The van der Waals surface area contributed by atoms with Crippen molar-refractivity contribution in [1.82, 2.24) is 0 Å². The van der Waals surface area contributed by atoms with E-state index in [1.54, 1.807) is 12.1 Å². The summed E-state index contributed by atoms with van der Waals surface area (Å²) in [6.07, 6.45) is 0.645. The topological polar surface area (TPSA) is 66.5 Å². The number of para-hydroxylation sites is 2. The Morgan fingerprint density at radius 3 is 2.32 bits per heavy atom. The highest BCUT2D eigenvalue weighted by Gasteiger charge is 2.40. The summed E-state index contributed by atoms with van der Waals surface area (Å²) < 4.78 is 0. The molecule has 1 aromatic rings. The Kier molecular flexibility index (Phi) is 4.64. The fraction of sp³-hybridized carbons (Fsp3) is 0.471. The highest BCUT2D eigenvalue weighted by atomic mass is 16.2. The summed E-state index contributed by atoms with van der Waals surface area (Å²) in [5.41, 5.74) is 1.36. The lowest BCUT2D eigenvalue weighted by Gasteiger charge is -2.38. The van der Waals surface area contributed by atoms with Crippen molar-refractivity contribution in [3.63, 3.8) is 0 Å². The number of rotatable bonds is 5. The molecule has 1 atom stereocenters. The van der Waals surface area contributed by atoms with Crippen LogP contribution in [0.5, 0.6) is 0 Å². The van der Waals surface area contributed by atoms with Crippen LogP contribution in [0.3, 0.4) is 0 Å². The van der Waals surface area contributed by atoms with Gasteiger partial charge in [-0.05, 0) is 38.3 Å². The minimum Gasteiger partial charge on any atom is -0.372 e. The van der Waals surface area contributed by atoms with Crippen LogP contribution < -0.4 is 10.2 Å². The van der Waals surface area contributed by atoms with Crippen LogP contribution in [-0.4, -0.2) is 29.6 Å². The molecule has 0 saturated heterocycles. The molecule has 5 heteroatoms. The number of carbonyl (C=O) groups is 3. The van der Waals surface area contributed by atoms with E-state index >= 15 is 0 Å². The van der Waals surface area contributed by atoms with E-state index in [9.17, 15) is 14.4 Å². The summed E-state index contributed by atoms with van der Waals surface area (Å²) in [6, 6.07) is 5.80. The maximum absolute atomic E-state index is 12.8. The van der Waals surface area contributed by atoms with Gasteiger partial charge in [0.1, 0.15) is 6.04 Å². The van der Waals surface area contributed by atoms with Gasteiger partial charge in [0.15, 0.2) is 17.6 Å². The molecule has 0 spiro atoms. The van der Waals surface area contributed by atoms with E-state index in [1.165, 1.54) is 18.7 Å². The average molecular weight is 302 g/mol. The first-order chi connectivity index (χ1) is 10.3. The largest absolute Gasteiger partial charge is 0.372 e. The van der Waals surface area contributed by atoms with Crippen LogP contribution in [0.4, 0.5) is 11.4 Å². The minimum absolute atomic E-state index is 0.220. The van der Waals surface area contributed by atoms with E-state index in [4.69, 9.17) is 0 Å². The summed E-state index contributed by atoms with van der Waals surface area (Å²) in [4.78, 5) is 38.1. The number of nitrogens with zero attached hydrogens (tertiary/aromatic N) is 1. The lowest BCUT2D eigenvalue weighted by Crippen LogP contribution is -2.56. The van der Waals surface area contributed by atoms with Gasteiger partial charge in [-0.3, -0.25) is 19.3 Å². The molecule has 1 amide bonds. The standard InChI is InChI=1S/C17H22N2O3/c1-10(2)9-14-17(22)19(16(11(3)20)12(4)21)15-8-6-5-7-13(15)18-14/h5-8,10,14,16,18H,9H2,1-4H3. The maximum Gasteiger partial charge on any atom is 0.250 e. The highest BCUT2D eigenvalue weighted by Crippen LogP contribution is 2.34. The Hall–Kier alpha value is -2.17. The second-order valence-corrected chi connectivity index (χ2v) is 6.18. The number of hydrogen-bond acceptors (Lipinski definition) is 4. The van der Waals surface area contributed by atoms with E-state index in [1.807, 2.05) is 26.0 Å². The van der Waals surface area contributed by atoms with Gasteiger partial charge in [0.05, 0.1) is 11.4 Å². The SMILES string of the molecule is CC(=O)C(C(C)=O)N1C(=O)C(CC(C)C)Nc2ccccc21. The van der Waals surface area contributed by atoms with Crippen LogP contribution in [0.15, 0.2) is 24.3 Å². The number of anilines is 2. The van der Waals surface area contributed by atoms with Gasteiger partial charge >= 0.3 is 0 Å². The van der Waals surface area contributed by atoms with Crippen LogP contribution >= 0.6 is 0 Å². The molecule has 0 bridgehead atoms. The van der Waals surface area contributed by atoms with Crippen LogP contribution in [-0.2, 0) is 14.4 Å². The Morgan fingerprint density at radius 2 is 1.77 bits per heavy atom. The lowest BCUT2D eigenvalue weighted by atomic mass is 9.96. The molecule has 1 aliphatic rings. The first-order valence-electron chi connectivity index (χ1n) is 7.52. The molecule has 1 aromatic carbocycles. The van der Waals surface area contributed by atoms with Crippen molar-refractivity contribution in [3.05, 3.63) is 24.3 Å². The smallest absolute Gasteiger partial charge is 0.250 e. The fourth-order valence-electron chi connectivity index (χ4n) is 2.89. The van der Waals surface area contributed by atoms with Crippen LogP contribution in [0.2, 0.25) is 0 Å². The molecule has 22 heavy (non-hydrogen) atoms. The molecule has 0 fully saturated rings. The predicted molar refractivity (Wildman–Crippen MR) is 85.9 cm³/mol. The zero-order valence-electron chi connectivity index (χ0n) is 13.4. The summed E-state index contributed by atoms with van der Waals surface area (Å²) in [7, 11) is 0. The molecule has 2 rings (SSSR count). The number of ketones is 2.